The van der Waals surface area contributed by atoms with Crippen LogP contribution in [0.1, 0.15) is 6.92 Å². The van der Waals surface area contributed by atoms with Crippen LogP contribution in [0.4, 0.5) is 4.79 Å². The van der Waals surface area contributed by atoms with Crippen LogP contribution in [0.5, 0.6) is 0 Å². The quantitative estimate of drug-likeness (QED) is 0.569. The predicted octanol–water partition coefficient (Wildman–Crippen LogP) is -0.395. The zero-order valence-electron chi connectivity index (χ0n) is 6.52. The van der Waals surface area contributed by atoms with Crippen LogP contribution >= 0.6 is 0 Å². The van der Waals surface area contributed by atoms with Crippen LogP contribution in [0.2, 0.25) is 0 Å². The second-order valence-electron chi connectivity index (χ2n) is 1.99. The Hall–Kier alpha value is -1.30. The van der Waals surface area contributed by atoms with E-state index in [1.54, 1.807) is 0 Å². The summed E-state index contributed by atoms with van der Waals surface area (Å²) in [6, 6.07) is 0. The monoisotopic (exact) mass is 178 g/mol. The molecule has 0 spiro atoms. The maximum Gasteiger partial charge on any atom is 0.506 e. The van der Waals surface area contributed by atoms with Gasteiger partial charge in [-0.2, -0.15) is 0 Å². The minimum absolute atomic E-state index is 0.266. The maximum absolute atomic E-state index is 10.2. The van der Waals surface area contributed by atoms with E-state index in [1.807, 2.05) is 0 Å². The maximum atomic E-state index is 10.2. The summed E-state index contributed by atoms with van der Waals surface area (Å²) in [5.74, 6) is -0.553. The molecule has 0 aromatic carbocycles. The van der Waals surface area contributed by atoms with Gasteiger partial charge < -0.3 is 19.7 Å². The van der Waals surface area contributed by atoms with Crippen molar-refractivity contribution in [2.24, 2.45) is 0 Å². The molecule has 2 N–H and O–H groups in total. The van der Waals surface area contributed by atoms with Gasteiger partial charge in [0.25, 0.3) is 0 Å². The van der Waals surface area contributed by atoms with Crippen molar-refractivity contribution in [3.05, 3.63) is 0 Å². The molecule has 0 amide bonds. The molecule has 0 fully saturated rings. The van der Waals surface area contributed by atoms with Gasteiger partial charge in [-0.3, -0.25) is 4.79 Å². The lowest BCUT2D eigenvalue weighted by Crippen LogP contribution is -2.27. The van der Waals surface area contributed by atoms with Gasteiger partial charge in [0, 0.05) is 6.92 Å². The van der Waals surface area contributed by atoms with E-state index >= 15 is 0 Å². The first kappa shape index (κ1) is 10.7. The lowest BCUT2D eigenvalue weighted by molar-refractivity contribution is -0.145. The van der Waals surface area contributed by atoms with Crippen LogP contribution in [0.15, 0.2) is 0 Å². The van der Waals surface area contributed by atoms with Gasteiger partial charge in [-0.05, 0) is 0 Å². The van der Waals surface area contributed by atoms with Gasteiger partial charge in [0.15, 0.2) is 6.10 Å². The fourth-order valence-electron chi connectivity index (χ4n) is 0.477. The molecule has 12 heavy (non-hydrogen) atoms. The first-order valence-corrected chi connectivity index (χ1v) is 3.20. The summed E-state index contributed by atoms with van der Waals surface area (Å²) in [6.07, 6.45) is -2.52. The largest absolute Gasteiger partial charge is 0.506 e. The highest BCUT2D eigenvalue weighted by atomic mass is 16.7. The molecule has 1 unspecified atom stereocenters. The number of rotatable bonds is 4. The highest BCUT2D eigenvalue weighted by molar-refractivity contribution is 5.66. The summed E-state index contributed by atoms with van der Waals surface area (Å²) >= 11 is 0. The molecule has 1 atom stereocenters. The summed E-state index contributed by atoms with van der Waals surface area (Å²) < 4.78 is 8.55. The van der Waals surface area contributed by atoms with E-state index in [-0.39, 0.29) is 6.61 Å². The lowest BCUT2D eigenvalue weighted by Gasteiger charge is -2.11. The van der Waals surface area contributed by atoms with Crippen molar-refractivity contribution >= 4 is 12.1 Å². The Morgan fingerprint density at radius 2 is 2.08 bits per heavy atom. The van der Waals surface area contributed by atoms with Crippen LogP contribution < -0.4 is 0 Å². The molecule has 0 aliphatic heterocycles. The fourth-order valence-corrected chi connectivity index (χ4v) is 0.477. The second kappa shape index (κ2) is 5.36. The molecule has 6 nitrogen and oxygen atoms in total. The van der Waals surface area contributed by atoms with Crippen LogP contribution in [0.25, 0.3) is 0 Å². The number of aliphatic hydroxyl groups is 1. The third-order valence-electron chi connectivity index (χ3n) is 0.944. The fraction of sp³-hybridized carbons (Fsp3) is 0.667. The molecule has 0 aliphatic carbocycles. The number of esters is 1. The number of aliphatic hydroxyl groups excluding tert-OH is 1. The van der Waals surface area contributed by atoms with E-state index < -0.39 is 24.8 Å². The number of carbonyl (C=O) groups is 2. The van der Waals surface area contributed by atoms with Crippen molar-refractivity contribution in [1.29, 1.82) is 0 Å². The molecule has 0 aromatic heterocycles. The molecule has 0 aromatic rings. The standard InChI is InChI=1S/C6H10O6/c1-4(8)11-3-5(2-7)12-6(9)10/h5,7H,2-3H2,1H3,(H,9,10). The van der Waals surface area contributed by atoms with Crippen molar-refractivity contribution in [3.8, 4) is 0 Å². The molecule has 70 valence electrons. The van der Waals surface area contributed by atoms with Crippen LogP contribution in [0, 0.1) is 0 Å². The highest BCUT2D eigenvalue weighted by Gasteiger charge is 2.13. The van der Waals surface area contributed by atoms with Crippen molar-refractivity contribution in [3.63, 3.8) is 0 Å². The molecule has 6 heteroatoms. The molecule has 0 rings (SSSR count). The van der Waals surface area contributed by atoms with Gasteiger partial charge >= 0.3 is 12.1 Å². The second-order valence-corrected chi connectivity index (χ2v) is 1.99. The van der Waals surface area contributed by atoms with E-state index in [1.165, 1.54) is 6.92 Å². The zero-order valence-corrected chi connectivity index (χ0v) is 6.52. The van der Waals surface area contributed by atoms with Gasteiger partial charge in [-0.15, -0.1) is 0 Å². The molecule has 0 bridgehead atoms. The predicted molar refractivity (Wildman–Crippen MR) is 36.6 cm³/mol. The van der Waals surface area contributed by atoms with E-state index in [4.69, 9.17) is 10.2 Å². The Bertz CT molecular complexity index is 165. The third kappa shape index (κ3) is 5.48. The molecule has 0 heterocycles. The molecular formula is C6H10O6. The van der Waals surface area contributed by atoms with Gasteiger partial charge in [0.1, 0.15) is 6.61 Å². The molecule has 0 saturated carbocycles. The van der Waals surface area contributed by atoms with Crippen molar-refractivity contribution in [1.82, 2.24) is 0 Å². The van der Waals surface area contributed by atoms with E-state index in [9.17, 15) is 9.59 Å². The molecule has 0 saturated heterocycles. The molecule has 0 aliphatic rings. The SMILES string of the molecule is CC(=O)OCC(CO)OC(=O)O. The summed E-state index contributed by atoms with van der Waals surface area (Å²) in [5.41, 5.74) is 0. The Balaban J connectivity index is 3.67. The summed E-state index contributed by atoms with van der Waals surface area (Å²) in [5, 5.41) is 16.6. The van der Waals surface area contributed by atoms with Gasteiger partial charge in [-0.1, -0.05) is 0 Å². The van der Waals surface area contributed by atoms with Gasteiger partial charge in [0.2, 0.25) is 0 Å². The van der Waals surface area contributed by atoms with E-state index in [2.05, 4.69) is 9.47 Å². The zero-order chi connectivity index (χ0) is 9.56. The molecule has 0 radical (unpaired) electrons. The summed E-state index contributed by atoms with van der Waals surface area (Å²) in [6.45, 7) is 0.396. The van der Waals surface area contributed by atoms with Crippen molar-refractivity contribution in [2.75, 3.05) is 13.2 Å². The number of hydrogen-bond acceptors (Lipinski definition) is 5. The number of carbonyl (C=O) groups excluding carboxylic acids is 1. The van der Waals surface area contributed by atoms with E-state index in [0.29, 0.717) is 0 Å². The van der Waals surface area contributed by atoms with Crippen molar-refractivity contribution < 1.29 is 29.3 Å². The number of ether oxygens (including phenoxy) is 2. The Morgan fingerprint density at radius 3 is 2.42 bits per heavy atom. The Kier molecular flexibility index (Phi) is 4.78. The average molecular weight is 178 g/mol. The van der Waals surface area contributed by atoms with Crippen LogP contribution in [-0.2, 0) is 14.3 Å². The smallest absolute Gasteiger partial charge is 0.462 e. The summed E-state index contributed by atoms with van der Waals surface area (Å²) in [4.78, 5) is 20.2. The lowest BCUT2D eigenvalue weighted by atomic mass is 10.4. The number of hydrogen-bond donors (Lipinski definition) is 2. The van der Waals surface area contributed by atoms with Gasteiger partial charge in [0.05, 0.1) is 6.61 Å². The van der Waals surface area contributed by atoms with Gasteiger partial charge in [-0.25, -0.2) is 4.79 Å². The van der Waals surface area contributed by atoms with Crippen LogP contribution in [0.3, 0.4) is 0 Å². The highest BCUT2D eigenvalue weighted by Crippen LogP contribution is 1.93. The van der Waals surface area contributed by atoms with E-state index in [0.717, 1.165) is 0 Å². The summed E-state index contributed by atoms with van der Waals surface area (Å²) in [7, 11) is 0. The minimum atomic E-state index is -1.51. The first-order chi connectivity index (χ1) is 5.56. The Morgan fingerprint density at radius 1 is 1.50 bits per heavy atom. The average Bonchev–Trinajstić information content (AvgIpc) is 1.97. The third-order valence-corrected chi connectivity index (χ3v) is 0.944. The first-order valence-electron chi connectivity index (χ1n) is 3.20. The van der Waals surface area contributed by atoms with Crippen molar-refractivity contribution in [2.45, 2.75) is 13.0 Å². The van der Waals surface area contributed by atoms with Crippen LogP contribution in [-0.4, -0.2) is 41.7 Å². The normalized spacial score (nSPS) is 11.8. The molecular weight excluding hydrogens is 168 g/mol. The topological polar surface area (TPSA) is 93.1 Å². The number of carboxylic acid groups (broad SMARTS) is 1. The minimum Gasteiger partial charge on any atom is -0.462 e. The Labute approximate surface area is 68.7 Å².